The quantitative estimate of drug-likeness (QED) is 0.412. The van der Waals surface area contributed by atoms with E-state index >= 15 is 0 Å². The van der Waals surface area contributed by atoms with Crippen LogP contribution < -0.4 is 0 Å². The van der Waals surface area contributed by atoms with Crippen LogP contribution in [0.3, 0.4) is 0 Å². The fourth-order valence-corrected chi connectivity index (χ4v) is 0.888. The Balaban J connectivity index is 3.20. The van der Waals surface area contributed by atoms with Crippen molar-refractivity contribution in [2.24, 2.45) is 0 Å². The molecule has 0 amide bonds. The smallest absolute Gasteiger partial charge is 0.0268 e. The SMILES string of the molecule is CC=C=C=CCCCCCC. The summed E-state index contributed by atoms with van der Waals surface area (Å²) in [5.74, 6) is 0. The van der Waals surface area contributed by atoms with E-state index in [0.29, 0.717) is 0 Å². The average Bonchev–Trinajstić information content (AvgIpc) is 2.03. The van der Waals surface area contributed by atoms with Crippen molar-refractivity contribution in [3.8, 4) is 0 Å². The van der Waals surface area contributed by atoms with E-state index in [9.17, 15) is 0 Å². The zero-order valence-electron chi connectivity index (χ0n) is 7.69. The molecule has 0 aromatic rings. The summed E-state index contributed by atoms with van der Waals surface area (Å²) in [4.78, 5) is 0. The van der Waals surface area contributed by atoms with Crippen molar-refractivity contribution in [2.75, 3.05) is 0 Å². The fraction of sp³-hybridized carbons (Fsp3) is 0.636. The minimum absolute atomic E-state index is 1.15. The number of hydrogen-bond donors (Lipinski definition) is 0. The van der Waals surface area contributed by atoms with E-state index < -0.39 is 0 Å². The molecule has 0 aliphatic rings. The number of unbranched alkanes of at least 4 members (excludes halogenated alkanes) is 4. The van der Waals surface area contributed by atoms with Crippen molar-refractivity contribution in [3.63, 3.8) is 0 Å². The van der Waals surface area contributed by atoms with Crippen LogP contribution in [-0.2, 0) is 0 Å². The van der Waals surface area contributed by atoms with E-state index in [1.54, 1.807) is 0 Å². The van der Waals surface area contributed by atoms with Gasteiger partial charge in [-0.3, -0.25) is 0 Å². The Labute approximate surface area is 70.3 Å². The molecule has 0 atom stereocenters. The Bertz CT molecular complexity index is 153. The summed E-state index contributed by atoms with van der Waals surface area (Å²) in [5, 5.41) is 0. The maximum Gasteiger partial charge on any atom is -0.0268 e. The second-order valence-corrected chi connectivity index (χ2v) is 2.63. The van der Waals surface area contributed by atoms with Gasteiger partial charge in [-0.15, -0.1) is 0 Å². The van der Waals surface area contributed by atoms with Crippen LogP contribution in [0.1, 0.15) is 46.0 Å². The molecule has 0 aromatic carbocycles. The summed E-state index contributed by atoms with van der Waals surface area (Å²) in [6, 6.07) is 0. The van der Waals surface area contributed by atoms with Gasteiger partial charge in [0, 0.05) is 0 Å². The second kappa shape index (κ2) is 9.30. The van der Waals surface area contributed by atoms with Crippen LogP contribution in [0.5, 0.6) is 0 Å². The monoisotopic (exact) mass is 150 g/mol. The van der Waals surface area contributed by atoms with Crippen molar-refractivity contribution in [1.29, 1.82) is 0 Å². The highest BCUT2D eigenvalue weighted by Gasteiger charge is 1.82. The van der Waals surface area contributed by atoms with Gasteiger partial charge < -0.3 is 0 Å². The van der Waals surface area contributed by atoms with Gasteiger partial charge >= 0.3 is 0 Å². The van der Waals surface area contributed by atoms with E-state index in [0.717, 1.165) is 6.42 Å². The third kappa shape index (κ3) is 9.30. The molecule has 0 heteroatoms. The molecular weight excluding hydrogens is 132 g/mol. The summed E-state index contributed by atoms with van der Waals surface area (Å²) in [6.07, 6.45) is 10.4. The van der Waals surface area contributed by atoms with Crippen molar-refractivity contribution in [1.82, 2.24) is 0 Å². The van der Waals surface area contributed by atoms with E-state index in [1.165, 1.54) is 25.7 Å². The molecule has 0 spiro atoms. The summed E-state index contributed by atoms with van der Waals surface area (Å²) in [6.45, 7) is 4.19. The van der Waals surface area contributed by atoms with Crippen molar-refractivity contribution in [3.05, 3.63) is 23.6 Å². The number of rotatable bonds is 5. The zero-order chi connectivity index (χ0) is 8.36. The first kappa shape index (κ1) is 10.3. The van der Waals surface area contributed by atoms with Crippen LogP contribution in [0.2, 0.25) is 0 Å². The molecule has 0 bridgehead atoms. The molecule has 0 unspecified atom stereocenters. The summed E-state index contributed by atoms with van der Waals surface area (Å²) < 4.78 is 0. The minimum atomic E-state index is 1.15. The Morgan fingerprint density at radius 2 is 1.91 bits per heavy atom. The molecule has 11 heavy (non-hydrogen) atoms. The maximum atomic E-state index is 2.98. The first-order chi connectivity index (χ1) is 5.41. The highest BCUT2D eigenvalue weighted by molar-refractivity contribution is 4.84. The van der Waals surface area contributed by atoms with E-state index in [2.05, 4.69) is 24.5 Å². The molecule has 0 heterocycles. The van der Waals surface area contributed by atoms with Gasteiger partial charge in [0.05, 0.1) is 0 Å². The fourth-order valence-electron chi connectivity index (χ4n) is 0.888. The molecule has 0 aromatic heterocycles. The number of allylic oxidation sites excluding steroid dienone is 2. The van der Waals surface area contributed by atoms with E-state index in [4.69, 9.17) is 0 Å². The molecule has 0 rings (SSSR count). The largest absolute Gasteiger partial charge is 0.0753 e. The minimum Gasteiger partial charge on any atom is -0.0753 e. The van der Waals surface area contributed by atoms with Crippen molar-refractivity contribution >= 4 is 0 Å². The van der Waals surface area contributed by atoms with Gasteiger partial charge in [-0.2, -0.15) is 0 Å². The average molecular weight is 150 g/mol. The van der Waals surface area contributed by atoms with Crippen LogP contribution in [0.4, 0.5) is 0 Å². The standard InChI is InChI=1S/C11H18/c1-3-5-7-9-11-10-8-6-4-2/h3,9H,4,6,8,10-11H2,1-2H3. The summed E-state index contributed by atoms with van der Waals surface area (Å²) >= 11 is 0. The van der Waals surface area contributed by atoms with Gasteiger partial charge in [0.1, 0.15) is 0 Å². The topological polar surface area (TPSA) is 0 Å². The van der Waals surface area contributed by atoms with Crippen LogP contribution in [0.15, 0.2) is 23.6 Å². The zero-order valence-corrected chi connectivity index (χ0v) is 7.69. The third-order valence-corrected chi connectivity index (χ3v) is 1.53. The van der Waals surface area contributed by atoms with E-state index in [-0.39, 0.29) is 0 Å². The molecule has 0 fully saturated rings. The van der Waals surface area contributed by atoms with Crippen molar-refractivity contribution in [2.45, 2.75) is 46.0 Å². The molecular formula is C11H18. The Morgan fingerprint density at radius 1 is 1.09 bits per heavy atom. The summed E-state index contributed by atoms with van der Waals surface area (Å²) in [5.41, 5.74) is 5.89. The Morgan fingerprint density at radius 3 is 2.55 bits per heavy atom. The normalized spacial score (nSPS) is 8.18. The Kier molecular flexibility index (Phi) is 8.71. The molecule has 0 nitrogen and oxygen atoms in total. The van der Waals surface area contributed by atoms with Gasteiger partial charge in [0.15, 0.2) is 0 Å². The lowest BCUT2D eigenvalue weighted by atomic mass is 10.1. The molecule has 0 saturated heterocycles. The van der Waals surface area contributed by atoms with Gasteiger partial charge in [0.2, 0.25) is 0 Å². The predicted octanol–water partition coefficient (Wildman–Crippen LogP) is 3.84. The molecule has 62 valence electrons. The van der Waals surface area contributed by atoms with E-state index in [1.807, 2.05) is 13.0 Å². The highest BCUT2D eigenvalue weighted by atomic mass is 13.9. The van der Waals surface area contributed by atoms with Crippen LogP contribution in [0, 0.1) is 0 Å². The Hall–Kier alpha value is -0.700. The van der Waals surface area contributed by atoms with Gasteiger partial charge in [-0.1, -0.05) is 37.6 Å². The third-order valence-electron chi connectivity index (χ3n) is 1.53. The maximum absolute atomic E-state index is 2.98. The van der Waals surface area contributed by atoms with Crippen LogP contribution >= 0.6 is 0 Å². The lowest BCUT2D eigenvalue weighted by Crippen LogP contribution is -1.72. The number of hydrogen-bond acceptors (Lipinski definition) is 0. The second-order valence-electron chi connectivity index (χ2n) is 2.63. The molecule has 0 saturated carbocycles. The predicted molar refractivity (Wildman–Crippen MR) is 50.6 cm³/mol. The molecule has 0 radical (unpaired) electrons. The molecule has 0 aliphatic carbocycles. The van der Waals surface area contributed by atoms with Gasteiger partial charge in [-0.25, -0.2) is 0 Å². The van der Waals surface area contributed by atoms with Gasteiger partial charge in [-0.05, 0) is 31.9 Å². The molecule has 0 aliphatic heterocycles. The van der Waals surface area contributed by atoms with Crippen molar-refractivity contribution < 1.29 is 0 Å². The lowest BCUT2D eigenvalue weighted by molar-refractivity contribution is 0.675. The first-order valence-electron chi connectivity index (χ1n) is 4.52. The lowest BCUT2D eigenvalue weighted by Gasteiger charge is -1.91. The first-order valence-corrected chi connectivity index (χ1v) is 4.52. The van der Waals surface area contributed by atoms with Crippen LogP contribution in [-0.4, -0.2) is 0 Å². The highest BCUT2D eigenvalue weighted by Crippen LogP contribution is 2.01. The summed E-state index contributed by atoms with van der Waals surface area (Å²) in [7, 11) is 0. The molecule has 0 N–H and O–H groups in total. The van der Waals surface area contributed by atoms with Crippen LogP contribution in [0.25, 0.3) is 0 Å². The van der Waals surface area contributed by atoms with Gasteiger partial charge in [0.25, 0.3) is 0 Å².